The Bertz CT molecular complexity index is 1040. The Morgan fingerprint density at radius 2 is 1.65 bits per heavy atom. The lowest BCUT2D eigenvalue weighted by molar-refractivity contribution is -0.141. The monoisotopic (exact) mass is 491 g/mol. The van der Waals surface area contributed by atoms with Crippen molar-refractivity contribution < 1.29 is 22.4 Å². The van der Waals surface area contributed by atoms with Crippen LogP contribution in [-0.2, 0) is 26.2 Å². The predicted molar refractivity (Wildman–Crippen MR) is 132 cm³/mol. The molecule has 0 radical (unpaired) electrons. The maximum Gasteiger partial charge on any atom is 0.243 e. The molecule has 7 nitrogen and oxygen atoms in total. The van der Waals surface area contributed by atoms with Crippen LogP contribution in [0.5, 0.6) is 0 Å². The third kappa shape index (κ3) is 8.13. The number of anilines is 1. The van der Waals surface area contributed by atoms with Gasteiger partial charge in [0.1, 0.15) is 11.9 Å². The summed E-state index contributed by atoms with van der Waals surface area (Å²) in [7, 11) is -3.62. The molecule has 9 heteroatoms. The second-order valence-corrected chi connectivity index (χ2v) is 10.4. The van der Waals surface area contributed by atoms with Crippen LogP contribution in [0, 0.1) is 5.82 Å². The first-order valence-corrected chi connectivity index (χ1v) is 13.2. The summed E-state index contributed by atoms with van der Waals surface area (Å²) in [6.45, 7) is 5.92. The van der Waals surface area contributed by atoms with Crippen molar-refractivity contribution in [1.82, 2.24) is 10.2 Å². The molecule has 186 valence electrons. The van der Waals surface area contributed by atoms with Crippen LogP contribution in [0.15, 0.2) is 54.6 Å². The van der Waals surface area contributed by atoms with Gasteiger partial charge in [0, 0.05) is 25.6 Å². The number of sulfonamides is 1. The molecule has 2 rings (SSSR count). The topological polar surface area (TPSA) is 86.8 Å². The van der Waals surface area contributed by atoms with Gasteiger partial charge >= 0.3 is 0 Å². The van der Waals surface area contributed by atoms with Crippen LogP contribution in [-0.4, -0.2) is 50.0 Å². The van der Waals surface area contributed by atoms with Gasteiger partial charge in [-0.05, 0) is 56.5 Å². The first kappa shape index (κ1) is 27.3. The van der Waals surface area contributed by atoms with Crippen molar-refractivity contribution in [1.29, 1.82) is 0 Å². The SMILES string of the molecule is CC[C@H](C(=O)NC(C)C)N(Cc1ccccc1)C(=O)CCCN(c1ccc(F)cc1)S(C)(=O)=O. The minimum Gasteiger partial charge on any atom is -0.352 e. The van der Waals surface area contributed by atoms with Gasteiger partial charge in [-0.3, -0.25) is 13.9 Å². The lowest BCUT2D eigenvalue weighted by Crippen LogP contribution is -2.50. The summed E-state index contributed by atoms with van der Waals surface area (Å²) in [6.07, 6.45) is 1.83. The number of benzene rings is 2. The molecular weight excluding hydrogens is 457 g/mol. The Morgan fingerprint density at radius 1 is 1.03 bits per heavy atom. The Morgan fingerprint density at radius 3 is 2.18 bits per heavy atom. The third-order valence-corrected chi connectivity index (χ3v) is 6.47. The Kier molecular flexibility index (Phi) is 10.0. The number of amides is 2. The van der Waals surface area contributed by atoms with E-state index in [0.29, 0.717) is 12.1 Å². The fraction of sp³-hybridized carbons (Fsp3) is 0.440. The zero-order chi connectivity index (χ0) is 25.3. The molecule has 0 heterocycles. The standard InChI is InChI=1S/C25H34FN3O4S/c1-5-23(25(31)27-19(2)3)28(18-20-10-7-6-8-11-20)24(30)12-9-17-29(34(4,32)33)22-15-13-21(26)14-16-22/h6-8,10-11,13-16,19,23H,5,9,12,17-18H2,1-4H3,(H,27,31)/t23-/m1/s1. The third-order valence-electron chi connectivity index (χ3n) is 5.28. The van der Waals surface area contributed by atoms with Gasteiger partial charge in [0.2, 0.25) is 21.8 Å². The van der Waals surface area contributed by atoms with Crippen LogP contribution >= 0.6 is 0 Å². The predicted octanol–water partition coefficient (Wildman–Crippen LogP) is 3.70. The van der Waals surface area contributed by atoms with Crippen molar-refractivity contribution in [2.75, 3.05) is 17.1 Å². The van der Waals surface area contributed by atoms with E-state index in [2.05, 4.69) is 5.32 Å². The molecule has 0 unspecified atom stereocenters. The van der Waals surface area contributed by atoms with Gasteiger partial charge in [0.15, 0.2) is 0 Å². The molecule has 0 aliphatic carbocycles. The summed E-state index contributed by atoms with van der Waals surface area (Å²) >= 11 is 0. The second-order valence-electron chi connectivity index (χ2n) is 8.51. The van der Waals surface area contributed by atoms with E-state index in [4.69, 9.17) is 0 Å². The zero-order valence-electron chi connectivity index (χ0n) is 20.2. The summed E-state index contributed by atoms with van der Waals surface area (Å²) in [5, 5.41) is 2.88. The molecule has 2 aromatic rings. The molecule has 1 N–H and O–H groups in total. The van der Waals surface area contributed by atoms with E-state index in [1.54, 1.807) is 4.90 Å². The van der Waals surface area contributed by atoms with Crippen LogP contribution in [0.1, 0.15) is 45.6 Å². The van der Waals surface area contributed by atoms with Gasteiger partial charge in [0.05, 0.1) is 11.9 Å². The van der Waals surface area contributed by atoms with Crippen molar-refractivity contribution in [2.45, 2.75) is 58.7 Å². The highest BCUT2D eigenvalue weighted by atomic mass is 32.2. The van der Waals surface area contributed by atoms with Crippen LogP contribution < -0.4 is 9.62 Å². The first-order valence-electron chi connectivity index (χ1n) is 11.4. The van der Waals surface area contributed by atoms with Crippen LogP contribution in [0.4, 0.5) is 10.1 Å². The lowest BCUT2D eigenvalue weighted by Gasteiger charge is -2.31. The molecule has 34 heavy (non-hydrogen) atoms. The fourth-order valence-electron chi connectivity index (χ4n) is 3.69. The van der Waals surface area contributed by atoms with E-state index >= 15 is 0 Å². The van der Waals surface area contributed by atoms with Gasteiger partial charge in [-0.15, -0.1) is 0 Å². The molecule has 0 saturated heterocycles. The molecule has 0 aliphatic rings. The van der Waals surface area contributed by atoms with E-state index in [9.17, 15) is 22.4 Å². The number of nitrogens with zero attached hydrogens (tertiary/aromatic N) is 2. The van der Waals surface area contributed by atoms with E-state index in [0.717, 1.165) is 16.1 Å². The Labute approximate surface area is 202 Å². The highest BCUT2D eigenvalue weighted by molar-refractivity contribution is 7.92. The molecule has 0 bridgehead atoms. The van der Waals surface area contributed by atoms with E-state index < -0.39 is 21.9 Å². The van der Waals surface area contributed by atoms with Gasteiger partial charge in [-0.25, -0.2) is 12.8 Å². The summed E-state index contributed by atoms with van der Waals surface area (Å²) in [5.41, 5.74) is 1.23. The molecule has 1 atom stereocenters. The van der Waals surface area contributed by atoms with Gasteiger partial charge in [0.25, 0.3) is 0 Å². The minimum absolute atomic E-state index is 0.0599. The molecular formula is C25H34FN3O4S. The number of hydrogen-bond donors (Lipinski definition) is 1. The van der Waals surface area contributed by atoms with Gasteiger partial charge < -0.3 is 10.2 Å². The number of rotatable bonds is 12. The Balaban J connectivity index is 2.18. The van der Waals surface area contributed by atoms with Crippen molar-refractivity contribution in [3.63, 3.8) is 0 Å². The number of halogens is 1. The van der Waals surface area contributed by atoms with E-state index in [1.807, 2.05) is 51.1 Å². The molecule has 0 aromatic heterocycles. The highest BCUT2D eigenvalue weighted by Gasteiger charge is 2.29. The Hall–Kier alpha value is -2.94. The molecule has 2 amide bonds. The quantitative estimate of drug-likeness (QED) is 0.491. The molecule has 2 aromatic carbocycles. The maximum absolute atomic E-state index is 13.3. The van der Waals surface area contributed by atoms with E-state index in [1.165, 1.54) is 24.3 Å². The molecule has 0 spiro atoms. The van der Waals surface area contributed by atoms with Crippen LogP contribution in [0.2, 0.25) is 0 Å². The van der Waals surface area contributed by atoms with E-state index in [-0.39, 0.29) is 43.8 Å². The first-order chi connectivity index (χ1) is 16.0. The van der Waals surface area contributed by atoms with Crippen LogP contribution in [0.3, 0.4) is 0 Å². The highest BCUT2D eigenvalue weighted by Crippen LogP contribution is 2.20. The average molecular weight is 492 g/mol. The van der Waals surface area contributed by atoms with Gasteiger partial charge in [-0.2, -0.15) is 0 Å². The fourth-order valence-corrected chi connectivity index (χ4v) is 4.66. The zero-order valence-corrected chi connectivity index (χ0v) is 21.0. The largest absolute Gasteiger partial charge is 0.352 e. The number of carbonyl (C=O) groups excluding carboxylic acids is 2. The summed E-state index contributed by atoms with van der Waals surface area (Å²) in [6, 6.07) is 13.9. The second kappa shape index (κ2) is 12.5. The van der Waals surface area contributed by atoms with Crippen molar-refractivity contribution >= 4 is 27.5 Å². The van der Waals surface area contributed by atoms with Crippen LogP contribution in [0.25, 0.3) is 0 Å². The number of hydrogen-bond acceptors (Lipinski definition) is 4. The van der Waals surface area contributed by atoms with Crippen molar-refractivity contribution in [2.24, 2.45) is 0 Å². The normalized spacial score (nSPS) is 12.3. The molecule has 0 aliphatic heterocycles. The van der Waals surface area contributed by atoms with Crippen molar-refractivity contribution in [3.8, 4) is 0 Å². The molecule has 0 fully saturated rings. The summed E-state index contributed by atoms with van der Waals surface area (Å²) in [5.74, 6) is -0.915. The maximum atomic E-state index is 13.3. The molecule has 0 saturated carbocycles. The average Bonchev–Trinajstić information content (AvgIpc) is 2.76. The van der Waals surface area contributed by atoms with Gasteiger partial charge in [-0.1, -0.05) is 37.3 Å². The smallest absolute Gasteiger partial charge is 0.243 e. The van der Waals surface area contributed by atoms with Crippen molar-refractivity contribution in [3.05, 3.63) is 66.0 Å². The number of nitrogens with one attached hydrogen (secondary N) is 1. The summed E-state index contributed by atoms with van der Waals surface area (Å²) < 4.78 is 39.0. The minimum atomic E-state index is -3.62. The lowest BCUT2D eigenvalue weighted by atomic mass is 10.1. The summed E-state index contributed by atoms with van der Waals surface area (Å²) in [4.78, 5) is 27.7. The number of carbonyl (C=O) groups is 2.